The third kappa shape index (κ3) is 4.03. The lowest BCUT2D eigenvalue weighted by atomic mass is 10.2. The van der Waals surface area contributed by atoms with Crippen molar-refractivity contribution in [3.63, 3.8) is 0 Å². The number of carbonyl (C=O) groups excluding carboxylic acids is 1. The van der Waals surface area contributed by atoms with Crippen LogP contribution in [-0.2, 0) is 0 Å². The molecule has 1 heterocycles. The second kappa shape index (κ2) is 5.63. The van der Waals surface area contributed by atoms with Gasteiger partial charge in [0.25, 0.3) is 5.91 Å². The molecule has 1 fully saturated rings. The van der Waals surface area contributed by atoms with E-state index in [0.29, 0.717) is 18.2 Å². The predicted molar refractivity (Wildman–Crippen MR) is 65.0 cm³/mol. The van der Waals surface area contributed by atoms with Crippen molar-refractivity contribution >= 4 is 5.91 Å². The predicted octanol–water partition coefficient (Wildman–Crippen LogP) is 0.247. The van der Waals surface area contributed by atoms with Crippen LogP contribution in [0.3, 0.4) is 0 Å². The van der Waals surface area contributed by atoms with E-state index in [-0.39, 0.29) is 11.5 Å². The van der Waals surface area contributed by atoms with Gasteiger partial charge in [0.2, 0.25) is 5.56 Å². The van der Waals surface area contributed by atoms with Gasteiger partial charge in [0.05, 0.1) is 0 Å². The summed E-state index contributed by atoms with van der Waals surface area (Å²) in [6, 6.07) is 3.61. The fourth-order valence-electron chi connectivity index (χ4n) is 1.57. The zero-order valence-corrected chi connectivity index (χ0v) is 9.66. The van der Waals surface area contributed by atoms with Gasteiger partial charge in [-0.2, -0.15) is 0 Å². The van der Waals surface area contributed by atoms with Crippen LogP contribution >= 0.6 is 0 Å². The first-order chi connectivity index (χ1) is 8.25. The van der Waals surface area contributed by atoms with Crippen LogP contribution in [0.2, 0.25) is 0 Å². The Balaban J connectivity index is 1.67. The molecule has 17 heavy (non-hydrogen) atoms. The number of H-pyrrole nitrogens is 1. The molecule has 0 spiro atoms. The Bertz CT molecular complexity index is 437. The third-order valence-corrected chi connectivity index (χ3v) is 2.69. The maximum absolute atomic E-state index is 11.6. The minimum absolute atomic E-state index is 0.192. The van der Waals surface area contributed by atoms with Crippen molar-refractivity contribution in [1.82, 2.24) is 15.6 Å². The first kappa shape index (κ1) is 11.9. The van der Waals surface area contributed by atoms with Crippen LogP contribution in [0.1, 0.15) is 29.6 Å². The monoisotopic (exact) mass is 235 g/mol. The lowest BCUT2D eigenvalue weighted by molar-refractivity contribution is 0.0953. The van der Waals surface area contributed by atoms with Crippen molar-refractivity contribution in [3.05, 3.63) is 34.2 Å². The Hall–Kier alpha value is -1.62. The molecule has 0 saturated heterocycles. The van der Waals surface area contributed by atoms with E-state index in [1.165, 1.54) is 25.1 Å². The lowest BCUT2D eigenvalue weighted by Gasteiger charge is -2.05. The van der Waals surface area contributed by atoms with Crippen LogP contribution in [0, 0.1) is 0 Å². The summed E-state index contributed by atoms with van der Waals surface area (Å²) in [5, 5.41) is 6.16. The molecule has 1 aromatic heterocycles. The van der Waals surface area contributed by atoms with Crippen LogP contribution in [0.25, 0.3) is 0 Å². The van der Waals surface area contributed by atoms with Crippen LogP contribution in [0.4, 0.5) is 0 Å². The van der Waals surface area contributed by atoms with E-state index in [1.54, 1.807) is 6.07 Å². The van der Waals surface area contributed by atoms with E-state index >= 15 is 0 Å². The summed E-state index contributed by atoms with van der Waals surface area (Å²) in [4.78, 5) is 25.1. The van der Waals surface area contributed by atoms with E-state index in [4.69, 9.17) is 0 Å². The van der Waals surface area contributed by atoms with Crippen LogP contribution < -0.4 is 16.2 Å². The van der Waals surface area contributed by atoms with Crippen molar-refractivity contribution < 1.29 is 4.79 Å². The molecule has 1 saturated carbocycles. The quantitative estimate of drug-likeness (QED) is 0.619. The van der Waals surface area contributed by atoms with Gasteiger partial charge in [0, 0.05) is 30.4 Å². The number of pyridine rings is 1. The standard InChI is InChI=1S/C12H17N3O2/c16-11-8-9(4-7-14-11)12(17)15-6-1-5-13-10-2-3-10/h4,7-8,10,13H,1-3,5-6H2,(H,14,16)(H,15,17). The summed E-state index contributed by atoms with van der Waals surface area (Å²) >= 11 is 0. The van der Waals surface area contributed by atoms with E-state index in [0.717, 1.165) is 13.0 Å². The second-order valence-corrected chi connectivity index (χ2v) is 4.28. The number of carbonyl (C=O) groups is 1. The van der Waals surface area contributed by atoms with Crippen molar-refractivity contribution in [2.45, 2.75) is 25.3 Å². The van der Waals surface area contributed by atoms with Crippen LogP contribution in [-0.4, -0.2) is 30.0 Å². The number of aromatic amines is 1. The van der Waals surface area contributed by atoms with Gasteiger partial charge in [-0.15, -0.1) is 0 Å². The summed E-state index contributed by atoms with van der Waals surface area (Å²) in [6.07, 6.45) is 4.94. The molecule has 92 valence electrons. The zero-order valence-electron chi connectivity index (χ0n) is 9.66. The highest BCUT2D eigenvalue weighted by Crippen LogP contribution is 2.18. The molecule has 1 aliphatic rings. The summed E-state index contributed by atoms with van der Waals surface area (Å²) in [5.41, 5.74) is 0.150. The minimum atomic E-state index is -0.256. The molecule has 2 rings (SSSR count). The molecule has 0 radical (unpaired) electrons. The van der Waals surface area contributed by atoms with Crippen LogP contribution in [0.5, 0.6) is 0 Å². The SMILES string of the molecule is O=C(NCCCNC1CC1)c1cc[nH]c(=O)c1. The highest BCUT2D eigenvalue weighted by atomic mass is 16.2. The van der Waals surface area contributed by atoms with Crippen molar-refractivity contribution in [1.29, 1.82) is 0 Å². The van der Waals surface area contributed by atoms with E-state index in [1.807, 2.05) is 0 Å². The average molecular weight is 235 g/mol. The van der Waals surface area contributed by atoms with Gasteiger partial charge in [-0.1, -0.05) is 0 Å². The molecule has 0 aromatic carbocycles. The minimum Gasteiger partial charge on any atom is -0.352 e. The lowest BCUT2D eigenvalue weighted by Crippen LogP contribution is -2.28. The normalized spacial score (nSPS) is 14.6. The first-order valence-electron chi connectivity index (χ1n) is 5.96. The Morgan fingerprint density at radius 3 is 2.94 bits per heavy atom. The molecule has 0 bridgehead atoms. The molecular formula is C12H17N3O2. The van der Waals surface area contributed by atoms with Crippen molar-refractivity contribution in [2.75, 3.05) is 13.1 Å². The van der Waals surface area contributed by atoms with E-state index in [9.17, 15) is 9.59 Å². The molecule has 1 aromatic rings. The molecule has 0 unspecified atom stereocenters. The van der Waals surface area contributed by atoms with Gasteiger partial charge in [-0.05, 0) is 31.9 Å². The molecule has 5 nitrogen and oxygen atoms in total. The number of amides is 1. The Morgan fingerprint density at radius 1 is 1.41 bits per heavy atom. The molecule has 1 aliphatic carbocycles. The fraction of sp³-hybridized carbons (Fsp3) is 0.500. The third-order valence-electron chi connectivity index (χ3n) is 2.69. The number of hydrogen-bond acceptors (Lipinski definition) is 3. The number of nitrogens with one attached hydrogen (secondary N) is 3. The zero-order chi connectivity index (χ0) is 12.1. The summed E-state index contributed by atoms with van der Waals surface area (Å²) in [7, 11) is 0. The average Bonchev–Trinajstić information content (AvgIpc) is 3.12. The topological polar surface area (TPSA) is 74.0 Å². The van der Waals surface area contributed by atoms with Gasteiger partial charge < -0.3 is 15.6 Å². The van der Waals surface area contributed by atoms with Gasteiger partial charge in [-0.25, -0.2) is 0 Å². The Morgan fingerprint density at radius 2 is 2.24 bits per heavy atom. The molecule has 1 amide bonds. The van der Waals surface area contributed by atoms with Crippen molar-refractivity contribution in [2.24, 2.45) is 0 Å². The van der Waals surface area contributed by atoms with Gasteiger partial charge in [-0.3, -0.25) is 9.59 Å². The summed E-state index contributed by atoms with van der Waals surface area (Å²) in [6.45, 7) is 1.56. The number of aromatic nitrogens is 1. The molecular weight excluding hydrogens is 218 g/mol. The molecule has 5 heteroatoms. The summed E-state index contributed by atoms with van der Waals surface area (Å²) in [5.74, 6) is -0.192. The Kier molecular flexibility index (Phi) is 3.93. The van der Waals surface area contributed by atoms with Crippen LogP contribution in [0.15, 0.2) is 23.1 Å². The molecule has 0 aliphatic heterocycles. The summed E-state index contributed by atoms with van der Waals surface area (Å²) < 4.78 is 0. The highest BCUT2D eigenvalue weighted by Gasteiger charge is 2.19. The van der Waals surface area contributed by atoms with E-state index in [2.05, 4.69) is 15.6 Å². The fourth-order valence-corrected chi connectivity index (χ4v) is 1.57. The van der Waals surface area contributed by atoms with Crippen molar-refractivity contribution in [3.8, 4) is 0 Å². The van der Waals surface area contributed by atoms with Gasteiger partial charge in [0.1, 0.15) is 0 Å². The van der Waals surface area contributed by atoms with Gasteiger partial charge in [0.15, 0.2) is 0 Å². The molecule has 3 N–H and O–H groups in total. The maximum Gasteiger partial charge on any atom is 0.251 e. The smallest absolute Gasteiger partial charge is 0.251 e. The Labute approximate surface area is 99.6 Å². The number of rotatable bonds is 6. The van der Waals surface area contributed by atoms with Gasteiger partial charge >= 0.3 is 0 Å². The van der Waals surface area contributed by atoms with E-state index < -0.39 is 0 Å². The number of hydrogen-bond donors (Lipinski definition) is 3. The second-order valence-electron chi connectivity index (χ2n) is 4.28. The highest BCUT2D eigenvalue weighted by molar-refractivity contribution is 5.93. The largest absolute Gasteiger partial charge is 0.352 e. The molecule has 0 atom stereocenters. The first-order valence-corrected chi connectivity index (χ1v) is 5.96. The maximum atomic E-state index is 11.6.